The zero-order chi connectivity index (χ0) is 21.5. The van der Waals surface area contributed by atoms with Crippen molar-refractivity contribution in [3.05, 3.63) is 7.43 Å². The molecule has 0 radical (unpaired) electrons. The van der Waals surface area contributed by atoms with Crippen molar-refractivity contribution in [3.63, 3.8) is 0 Å². The Bertz CT molecular complexity index is 349. The molecule has 2 N–H and O–H groups in total. The number of halogens is 9. The Morgan fingerprint density at radius 2 is 0.962 bits per heavy atom. The molecule has 0 saturated carbocycles. The van der Waals surface area contributed by atoms with Crippen molar-refractivity contribution in [3.8, 4) is 0 Å². The van der Waals surface area contributed by atoms with E-state index in [0.717, 1.165) is 6.42 Å². The zero-order valence-corrected chi connectivity index (χ0v) is 16.4. The van der Waals surface area contributed by atoms with E-state index in [2.05, 4.69) is 21.0 Å². The first kappa shape index (κ1) is 33.3. The van der Waals surface area contributed by atoms with E-state index in [9.17, 15) is 39.5 Å². The van der Waals surface area contributed by atoms with Crippen molar-refractivity contribution in [2.45, 2.75) is 76.8 Å². The van der Waals surface area contributed by atoms with Crippen LogP contribution >= 0.6 is 0 Å². The molecule has 0 saturated heterocycles. The maximum Gasteiger partial charge on any atom is 0.435 e. The molecule has 0 rings (SSSR count). The summed E-state index contributed by atoms with van der Waals surface area (Å²) in [6.07, 6.45) is -19.8. The minimum Gasteiger partial charge on any atom is -0.390 e. The van der Waals surface area contributed by atoms with Crippen LogP contribution in [0, 0.1) is 7.43 Å². The first-order chi connectivity index (χ1) is 10.6. The van der Waals surface area contributed by atoms with Crippen LogP contribution < -0.4 is 0 Å². The summed E-state index contributed by atoms with van der Waals surface area (Å²) in [5.41, 5.74) is -7.15. The van der Waals surface area contributed by atoms with Crippen LogP contribution in [-0.4, -0.2) is 46.0 Å². The van der Waals surface area contributed by atoms with Gasteiger partial charge in [0.05, 0.1) is 5.60 Å². The van der Waals surface area contributed by atoms with Gasteiger partial charge in [0.2, 0.25) is 0 Å². The minimum absolute atomic E-state index is 0. The number of hydrogen-bond acceptors (Lipinski definition) is 3. The van der Waals surface area contributed by atoms with Crippen LogP contribution in [0.25, 0.3) is 0 Å². The Kier molecular flexibility index (Phi) is 14.7. The normalized spacial score (nSPS) is 12.9. The SMILES string of the molecule is CC(C)[N]=[V].CCC(C)(C)O.OC(C(F)(F)F)(C(F)(F)F)C(F)(F)F.[CH3-]. The molecule has 0 amide bonds. The molecule has 0 aromatic rings. The molecule has 3 nitrogen and oxygen atoms in total. The Morgan fingerprint density at radius 3 is 0.962 bits per heavy atom. The predicted octanol–water partition coefficient (Wildman–Crippen LogP) is 5.15. The molecule has 0 bridgehead atoms. The molecule has 0 spiro atoms. The van der Waals surface area contributed by atoms with Gasteiger partial charge in [0.1, 0.15) is 0 Å². The summed E-state index contributed by atoms with van der Waals surface area (Å²) < 4.78 is 106. The molecule has 13 heteroatoms. The molecular formula is C13H23F9NO2V-. The molecule has 0 aliphatic rings. The van der Waals surface area contributed by atoms with Crippen LogP contribution in [0.3, 0.4) is 0 Å². The van der Waals surface area contributed by atoms with Crippen molar-refractivity contribution in [1.29, 1.82) is 0 Å². The smallest absolute Gasteiger partial charge is 0.390 e. The van der Waals surface area contributed by atoms with Crippen molar-refractivity contribution >= 4 is 0 Å². The van der Waals surface area contributed by atoms with Gasteiger partial charge >= 0.3 is 65.0 Å². The van der Waals surface area contributed by atoms with Gasteiger partial charge in [-0.05, 0) is 20.3 Å². The van der Waals surface area contributed by atoms with Gasteiger partial charge in [0.25, 0.3) is 0 Å². The fourth-order valence-electron chi connectivity index (χ4n) is 0.482. The van der Waals surface area contributed by atoms with Crippen molar-refractivity contribution in [2.24, 2.45) is 3.79 Å². The van der Waals surface area contributed by atoms with E-state index in [1.54, 1.807) is 13.8 Å². The van der Waals surface area contributed by atoms with E-state index in [4.69, 9.17) is 10.2 Å². The van der Waals surface area contributed by atoms with E-state index in [1.807, 2.05) is 20.8 Å². The van der Waals surface area contributed by atoms with Gasteiger partial charge in [-0.2, -0.15) is 39.5 Å². The van der Waals surface area contributed by atoms with Gasteiger partial charge in [-0.3, -0.25) is 0 Å². The first-order valence-electron chi connectivity index (χ1n) is 6.57. The number of aliphatic hydroxyl groups is 2. The standard InChI is InChI=1S/C5H12O.C4HF9O.C3H7N.CH3.V/c1-4-5(2,3)6;5-2(6,7)1(14,3(8,9)10)4(11,12)13;1-3(2)4;;/h6H,4H2,1-3H3;14H;3H,1-2H3;1H3;/q;;;-1;. The molecule has 0 heterocycles. The van der Waals surface area contributed by atoms with Gasteiger partial charge < -0.3 is 17.6 Å². The average Bonchev–Trinajstić information content (AvgIpc) is 2.34. The van der Waals surface area contributed by atoms with Crippen molar-refractivity contribution < 1.29 is 67.0 Å². The van der Waals surface area contributed by atoms with Crippen LogP contribution in [0.2, 0.25) is 0 Å². The molecule has 26 heavy (non-hydrogen) atoms. The van der Waals surface area contributed by atoms with E-state index in [-0.39, 0.29) is 7.43 Å². The first-order valence-corrected chi connectivity index (χ1v) is 7.20. The topological polar surface area (TPSA) is 52.8 Å². The second-order valence-corrected chi connectivity index (χ2v) is 5.94. The van der Waals surface area contributed by atoms with Crippen LogP contribution in [0.4, 0.5) is 39.5 Å². The van der Waals surface area contributed by atoms with Gasteiger partial charge in [0.15, 0.2) is 0 Å². The van der Waals surface area contributed by atoms with E-state index in [0.29, 0.717) is 6.04 Å². The summed E-state index contributed by atoms with van der Waals surface area (Å²) in [6, 6.07) is 0.481. The fraction of sp³-hybridized carbons (Fsp3) is 0.923. The summed E-state index contributed by atoms with van der Waals surface area (Å²) in [7, 11) is 0. The van der Waals surface area contributed by atoms with E-state index >= 15 is 0 Å². The third kappa shape index (κ3) is 12.1. The van der Waals surface area contributed by atoms with Crippen LogP contribution in [-0.2, 0) is 17.2 Å². The summed E-state index contributed by atoms with van der Waals surface area (Å²) in [4.78, 5) is 0. The van der Waals surface area contributed by atoms with Crippen molar-refractivity contribution in [2.75, 3.05) is 0 Å². The van der Waals surface area contributed by atoms with Crippen LogP contribution in [0.1, 0.15) is 41.0 Å². The number of nitrogens with zero attached hydrogens (tertiary/aromatic N) is 1. The Labute approximate surface area is 155 Å². The third-order valence-corrected chi connectivity index (χ3v) is 3.05. The third-order valence-electron chi connectivity index (χ3n) is 2.33. The quantitative estimate of drug-likeness (QED) is 0.455. The monoisotopic (exact) mass is 447 g/mol. The Balaban J connectivity index is -0.000000168. The summed E-state index contributed by atoms with van der Waals surface area (Å²) in [6.45, 7) is 9.64. The number of alkyl halides is 9. The largest absolute Gasteiger partial charge is 0.435 e. The molecule has 0 aromatic carbocycles. The molecular weight excluding hydrogens is 424 g/mol. The van der Waals surface area contributed by atoms with Gasteiger partial charge in [-0.1, -0.05) is 6.92 Å². The minimum atomic E-state index is -6.87. The van der Waals surface area contributed by atoms with Crippen LogP contribution in [0.5, 0.6) is 0 Å². The van der Waals surface area contributed by atoms with Crippen molar-refractivity contribution in [1.82, 2.24) is 0 Å². The van der Waals surface area contributed by atoms with Gasteiger partial charge in [-0.15, -0.1) is 0 Å². The van der Waals surface area contributed by atoms with E-state index < -0.39 is 29.7 Å². The second-order valence-electron chi connectivity index (χ2n) is 5.58. The molecule has 0 atom stereocenters. The second kappa shape index (κ2) is 11.5. The van der Waals surface area contributed by atoms with E-state index in [1.165, 1.54) is 0 Å². The Morgan fingerprint density at radius 1 is 0.808 bits per heavy atom. The number of rotatable bonds is 2. The molecule has 0 aromatic heterocycles. The maximum absolute atomic E-state index is 11.4. The summed E-state index contributed by atoms with van der Waals surface area (Å²) in [5.74, 6) is 0. The molecule has 0 fully saturated rings. The average molecular weight is 447 g/mol. The van der Waals surface area contributed by atoms with Crippen LogP contribution in [0.15, 0.2) is 3.79 Å². The van der Waals surface area contributed by atoms with Gasteiger partial charge in [0, 0.05) is 0 Å². The fourth-order valence-corrected chi connectivity index (χ4v) is 0.482. The molecule has 0 unspecified atom stereocenters. The summed E-state index contributed by atoms with van der Waals surface area (Å²) in [5, 5.41) is 16.5. The molecule has 161 valence electrons. The predicted molar refractivity (Wildman–Crippen MR) is 73.7 cm³/mol. The zero-order valence-electron chi connectivity index (χ0n) is 15.0. The molecule has 0 aliphatic carbocycles. The van der Waals surface area contributed by atoms with Gasteiger partial charge in [-0.25, -0.2) is 0 Å². The maximum atomic E-state index is 11.4. The number of hydrogen-bond donors (Lipinski definition) is 2. The summed E-state index contributed by atoms with van der Waals surface area (Å²) >= 11 is 2.20. The molecule has 0 aliphatic heterocycles. The Hall–Kier alpha value is -0.326.